The van der Waals surface area contributed by atoms with Crippen LogP contribution >= 0.6 is 0 Å². The fourth-order valence-corrected chi connectivity index (χ4v) is 4.09. The van der Waals surface area contributed by atoms with Crippen LogP contribution in [0.1, 0.15) is 78.5 Å². The zero-order valence-electron chi connectivity index (χ0n) is 18.3. The molecule has 31 heavy (non-hydrogen) atoms. The quantitative estimate of drug-likeness (QED) is 0.568. The van der Waals surface area contributed by atoms with Crippen LogP contribution in [0.2, 0.25) is 0 Å². The van der Waals surface area contributed by atoms with Gasteiger partial charge in [-0.05, 0) is 55.9 Å². The number of carbonyl (C=O) groups is 1. The van der Waals surface area contributed by atoms with Crippen molar-refractivity contribution in [3.8, 4) is 5.75 Å². The van der Waals surface area contributed by atoms with E-state index in [9.17, 15) is 4.79 Å². The first-order valence-electron chi connectivity index (χ1n) is 11.1. The van der Waals surface area contributed by atoms with Gasteiger partial charge in [-0.1, -0.05) is 25.5 Å². The molecule has 1 aliphatic rings. The number of ether oxygens (including phenoxy) is 1. The Kier molecular flexibility index (Phi) is 6.70. The molecule has 0 spiro atoms. The van der Waals surface area contributed by atoms with Gasteiger partial charge in [0.25, 0.3) is 5.91 Å². The van der Waals surface area contributed by atoms with Crippen LogP contribution < -0.4 is 4.74 Å². The average molecular weight is 423 g/mol. The molecule has 1 aromatic carbocycles. The lowest BCUT2D eigenvalue weighted by Gasteiger charge is -2.33. The molecule has 1 amide bonds. The molecule has 1 saturated heterocycles. The number of nitrogens with one attached hydrogen (secondary N) is 1. The molecule has 0 bridgehead atoms. The Morgan fingerprint density at radius 3 is 3.06 bits per heavy atom. The highest BCUT2D eigenvalue weighted by molar-refractivity contribution is 5.92. The second-order valence-corrected chi connectivity index (χ2v) is 8.09. The number of unbranched alkanes of at least 4 members (excludes halogenated alkanes) is 1. The van der Waals surface area contributed by atoms with Gasteiger partial charge in [-0.2, -0.15) is 5.10 Å². The number of oxazole rings is 1. The van der Waals surface area contributed by atoms with Crippen LogP contribution in [0.4, 0.5) is 0 Å². The number of likely N-dealkylation sites (tertiary alicyclic amines) is 1. The number of aryl methyl sites for hydroxylation is 1. The maximum atomic E-state index is 13.2. The summed E-state index contributed by atoms with van der Waals surface area (Å²) in [4.78, 5) is 19.6. The van der Waals surface area contributed by atoms with Gasteiger partial charge in [0.1, 0.15) is 23.2 Å². The highest BCUT2D eigenvalue weighted by atomic mass is 16.5. The third-order valence-electron chi connectivity index (χ3n) is 5.78. The van der Waals surface area contributed by atoms with Gasteiger partial charge in [0.2, 0.25) is 5.89 Å². The largest absolute Gasteiger partial charge is 0.497 e. The minimum Gasteiger partial charge on any atom is -0.497 e. The molecule has 3 aromatic rings. The molecular formula is C24H30N4O3. The lowest BCUT2D eigenvalue weighted by Crippen LogP contribution is -2.38. The van der Waals surface area contributed by atoms with Gasteiger partial charge in [-0.25, -0.2) is 4.98 Å². The first kappa shape index (κ1) is 21.2. The first-order valence-corrected chi connectivity index (χ1v) is 11.1. The Morgan fingerprint density at radius 1 is 1.32 bits per heavy atom. The number of nitrogens with zero attached hydrogens (tertiary/aromatic N) is 3. The van der Waals surface area contributed by atoms with E-state index < -0.39 is 0 Å². The van der Waals surface area contributed by atoms with Gasteiger partial charge in [0.15, 0.2) is 0 Å². The van der Waals surface area contributed by atoms with Crippen LogP contribution in [-0.2, 0) is 12.8 Å². The number of hydrogen-bond acceptors (Lipinski definition) is 5. The zero-order valence-corrected chi connectivity index (χ0v) is 18.3. The second-order valence-electron chi connectivity index (χ2n) is 8.09. The maximum absolute atomic E-state index is 13.2. The van der Waals surface area contributed by atoms with Crippen LogP contribution in [0.5, 0.6) is 5.75 Å². The molecule has 3 heterocycles. The molecule has 1 unspecified atom stereocenters. The number of carbonyl (C=O) groups excluding carboxylic acids is 1. The summed E-state index contributed by atoms with van der Waals surface area (Å²) in [6.45, 7) is 2.84. The summed E-state index contributed by atoms with van der Waals surface area (Å²) < 4.78 is 11.4. The molecule has 2 aromatic heterocycles. The molecule has 1 aliphatic heterocycles. The summed E-state index contributed by atoms with van der Waals surface area (Å²) in [5.74, 6) is 2.14. The van der Waals surface area contributed by atoms with Crippen molar-refractivity contribution in [3.05, 3.63) is 65.1 Å². The van der Waals surface area contributed by atoms with Crippen molar-refractivity contribution in [1.82, 2.24) is 20.1 Å². The van der Waals surface area contributed by atoms with Crippen molar-refractivity contribution in [2.24, 2.45) is 0 Å². The Balaban J connectivity index is 1.48. The fraction of sp³-hybridized carbons (Fsp3) is 0.458. The van der Waals surface area contributed by atoms with E-state index in [-0.39, 0.29) is 11.9 Å². The fourth-order valence-electron chi connectivity index (χ4n) is 4.09. The summed E-state index contributed by atoms with van der Waals surface area (Å²) >= 11 is 0. The lowest BCUT2D eigenvalue weighted by atomic mass is 10.0. The van der Waals surface area contributed by atoms with Crippen LogP contribution in [0.3, 0.4) is 0 Å². The highest BCUT2D eigenvalue weighted by Crippen LogP contribution is 2.32. The average Bonchev–Trinajstić information content (AvgIpc) is 3.47. The molecule has 1 atom stereocenters. The molecule has 1 fully saturated rings. The van der Waals surface area contributed by atoms with E-state index in [2.05, 4.69) is 22.1 Å². The van der Waals surface area contributed by atoms with E-state index in [1.54, 1.807) is 13.3 Å². The third kappa shape index (κ3) is 4.98. The molecular weight excluding hydrogens is 392 g/mol. The molecule has 7 nitrogen and oxygen atoms in total. The minimum absolute atomic E-state index is 0.0590. The Morgan fingerprint density at radius 2 is 2.23 bits per heavy atom. The summed E-state index contributed by atoms with van der Waals surface area (Å²) in [6.07, 6.45) is 8.37. The smallest absolute Gasteiger partial charge is 0.275 e. The number of piperidine rings is 1. The van der Waals surface area contributed by atoms with E-state index >= 15 is 0 Å². The topological polar surface area (TPSA) is 84.2 Å². The molecule has 7 heteroatoms. The Hall–Kier alpha value is -3.09. The summed E-state index contributed by atoms with van der Waals surface area (Å²) in [5.41, 5.74) is 2.58. The van der Waals surface area contributed by atoms with Gasteiger partial charge >= 0.3 is 0 Å². The SMILES string of the molecule is CCCCc1cc(C(=O)N2CCCCC2c2ncc(Cc3cccc(OC)c3)o2)n[nH]1. The standard InChI is InChI=1S/C24H30N4O3/c1-3-4-9-18-15-21(27-26-18)24(29)28-12-6-5-11-22(28)23-25-16-20(31-23)14-17-8-7-10-19(13-17)30-2/h7-8,10,13,15-16,22H,3-6,9,11-12,14H2,1-2H3,(H,26,27). The van der Waals surface area contributed by atoms with Crippen molar-refractivity contribution in [2.45, 2.75) is 57.9 Å². The van der Waals surface area contributed by atoms with Gasteiger partial charge in [0.05, 0.1) is 13.3 Å². The van der Waals surface area contributed by atoms with Crippen molar-refractivity contribution >= 4 is 5.91 Å². The molecule has 164 valence electrons. The summed E-state index contributed by atoms with van der Waals surface area (Å²) in [5, 5.41) is 7.28. The number of hydrogen-bond donors (Lipinski definition) is 1. The van der Waals surface area contributed by atoms with Crippen molar-refractivity contribution in [3.63, 3.8) is 0 Å². The van der Waals surface area contributed by atoms with Crippen LogP contribution in [0.15, 0.2) is 40.9 Å². The van der Waals surface area contributed by atoms with Gasteiger partial charge < -0.3 is 14.1 Å². The number of rotatable bonds is 8. The lowest BCUT2D eigenvalue weighted by molar-refractivity contribution is 0.0564. The van der Waals surface area contributed by atoms with Crippen LogP contribution in [0.25, 0.3) is 0 Å². The normalized spacial score (nSPS) is 16.5. The highest BCUT2D eigenvalue weighted by Gasteiger charge is 2.33. The molecule has 0 aliphatic carbocycles. The summed E-state index contributed by atoms with van der Waals surface area (Å²) in [6, 6.07) is 9.64. The zero-order chi connectivity index (χ0) is 21.6. The molecule has 0 radical (unpaired) electrons. The third-order valence-corrected chi connectivity index (χ3v) is 5.78. The Labute approximate surface area is 182 Å². The van der Waals surface area contributed by atoms with E-state index in [1.165, 1.54) is 0 Å². The number of benzene rings is 1. The van der Waals surface area contributed by atoms with Crippen molar-refractivity contribution < 1.29 is 13.9 Å². The number of amides is 1. The van der Waals surface area contributed by atoms with E-state index in [0.717, 1.165) is 61.3 Å². The maximum Gasteiger partial charge on any atom is 0.275 e. The van der Waals surface area contributed by atoms with Crippen molar-refractivity contribution in [2.75, 3.05) is 13.7 Å². The van der Waals surface area contributed by atoms with E-state index in [0.29, 0.717) is 24.6 Å². The summed E-state index contributed by atoms with van der Waals surface area (Å²) in [7, 11) is 1.66. The van der Waals surface area contributed by atoms with Crippen LogP contribution in [0, 0.1) is 0 Å². The van der Waals surface area contributed by atoms with E-state index in [1.807, 2.05) is 35.2 Å². The predicted octanol–water partition coefficient (Wildman–Crippen LogP) is 4.71. The number of aromatic amines is 1. The van der Waals surface area contributed by atoms with Crippen molar-refractivity contribution in [1.29, 1.82) is 0 Å². The van der Waals surface area contributed by atoms with Gasteiger partial charge in [0, 0.05) is 18.7 Å². The Bertz CT molecular complexity index is 1010. The molecule has 4 rings (SSSR count). The molecule has 0 saturated carbocycles. The minimum atomic E-state index is -0.156. The van der Waals surface area contributed by atoms with Crippen LogP contribution in [-0.4, -0.2) is 39.6 Å². The molecule has 1 N–H and O–H groups in total. The second kappa shape index (κ2) is 9.81. The monoisotopic (exact) mass is 422 g/mol. The van der Waals surface area contributed by atoms with Gasteiger partial charge in [-0.15, -0.1) is 0 Å². The number of aromatic nitrogens is 3. The van der Waals surface area contributed by atoms with E-state index in [4.69, 9.17) is 9.15 Å². The number of methoxy groups -OCH3 is 1. The predicted molar refractivity (Wildman–Crippen MR) is 117 cm³/mol. The van der Waals surface area contributed by atoms with Gasteiger partial charge in [-0.3, -0.25) is 9.89 Å². The first-order chi connectivity index (χ1) is 15.2. The number of H-pyrrole nitrogens is 1.